The van der Waals surface area contributed by atoms with Gasteiger partial charge in [0.15, 0.2) is 0 Å². The normalized spacial score (nSPS) is 42.9. The predicted octanol–water partition coefficient (Wildman–Crippen LogP) is 4.56. The maximum atomic E-state index is 13.4. The summed E-state index contributed by atoms with van der Waals surface area (Å²) in [6.45, 7) is 12.6. The molecule has 7 atom stereocenters. The van der Waals surface area contributed by atoms with E-state index in [0.717, 1.165) is 24.0 Å². The Labute approximate surface area is 200 Å². The van der Waals surface area contributed by atoms with Crippen molar-refractivity contribution in [2.24, 2.45) is 28.1 Å². The minimum Gasteiger partial charge on any atom is -0.472 e. The third-order valence-corrected chi connectivity index (χ3v) is 9.98. The van der Waals surface area contributed by atoms with Crippen molar-refractivity contribution in [3.63, 3.8) is 0 Å². The topological polar surface area (TPSA) is 92.0 Å². The molecule has 2 saturated carbocycles. The van der Waals surface area contributed by atoms with Gasteiger partial charge >= 0.3 is 11.9 Å². The van der Waals surface area contributed by atoms with Gasteiger partial charge in [0.2, 0.25) is 0 Å². The number of ether oxygens (including phenoxy) is 3. The molecule has 2 unspecified atom stereocenters. The quantitative estimate of drug-likeness (QED) is 0.472. The van der Waals surface area contributed by atoms with Gasteiger partial charge < -0.3 is 18.6 Å². The lowest BCUT2D eigenvalue weighted by molar-refractivity contribution is -0.298. The number of methoxy groups -OCH3 is 1. The van der Waals surface area contributed by atoms with E-state index in [9.17, 15) is 14.4 Å². The highest BCUT2D eigenvalue weighted by Crippen LogP contribution is 2.71. The molecule has 0 amide bonds. The van der Waals surface area contributed by atoms with Crippen LogP contribution in [0.25, 0.3) is 0 Å². The molecule has 0 aromatic carbocycles. The molecular weight excluding hydrogens is 436 g/mol. The van der Waals surface area contributed by atoms with Crippen molar-refractivity contribution < 1.29 is 33.0 Å². The van der Waals surface area contributed by atoms with E-state index in [1.54, 1.807) is 12.5 Å². The molecule has 7 heteroatoms. The van der Waals surface area contributed by atoms with Gasteiger partial charge in [0.25, 0.3) is 0 Å². The molecule has 4 aliphatic rings. The first-order chi connectivity index (χ1) is 15.9. The number of carbonyl (C=O) groups is 3. The number of Topliss-reactive ketones (excluding diaryl/α,β-unsaturated/α-hetero) is 1. The van der Waals surface area contributed by atoms with Crippen molar-refractivity contribution in [2.75, 3.05) is 7.11 Å². The number of esters is 2. The maximum absolute atomic E-state index is 13.4. The maximum Gasteiger partial charge on any atom is 0.309 e. The van der Waals surface area contributed by atoms with Crippen LogP contribution in [-0.2, 0) is 28.6 Å². The number of cyclic esters (lactones) is 1. The Morgan fingerprint density at radius 2 is 1.97 bits per heavy atom. The fraction of sp³-hybridized carbons (Fsp3) is 0.667. The van der Waals surface area contributed by atoms with Gasteiger partial charge in [-0.3, -0.25) is 14.4 Å². The van der Waals surface area contributed by atoms with Crippen LogP contribution in [0.2, 0.25) is 0 Å². The van der Waals surface area contributed by atoms with Crippen LogP contribution < -0.4 is 0 Å². The summed E-state index contributed by atoms with van der Waals surface area (Å²) in [5.74, 6) is -0.889. The summed E-state index contributed by atoms with van der Waals surface area (Å²) in [4.78, 5) is 38.8. The highest BCUT2D eigenvalue weighted by atomic mass is 16.6. The number of hydrogen-bond donors (Lipinski definition) is 0. The average Bonchev–Trinajstić information content (AvgIpc) is 3.30. The first kappa shape index (κ1) is 23.3. The SMILES string of the molecule is C=C1C2CC[C@@]3(C)[C@H](c4ccoc4)OC(=O)C[C@]13O[C@H]1CC(=O)C(C)(C)C(CC(=O)OC)[C@]21C. The molecule has 7 nitrogen and oxygen atoms in total. The Balaban J connectivity index is 1.63. The molecule has 5 rings (SSSR count). The van der Waals surface area contributed by atoms with Crippen LogP contribution in [0.5, 0.6) is 0 Å². The average molecular weight is 471 g/mol. The summed E-state index contributed by atoms with van der Waals surface area (Å²) in [6, 6.07) is 1.82. The zero-order valence-electron chi connectivity index (χ0n) is 20.6. The van der Waals surface area contributed by atoms with Crippen LogP contribution in [0.1, 0.15) is 71.5 Å². The number of fused-ring (bicyclic) bond motifs is 3. The monoisotopic (exact) mass is 470 g/mol. The van der Waals surface area contributed by atoms with Crippen molar-refractivity contribution in [3.05, 3.63) is 36.3 Å². The molecule has 3 heterocycles. The first-order valence-corrected chi connectivity index (χ1v) is 12.1. The number of ketones is 1. The van der Waals surface area contributed by atoms with Crippen LogP contribution in [0, 0.1) is 28.1 Å². The van der Waals surface area contributed by atoms with Crippen molar-refractivity contribution in [3.8, 4) is 0 Å². The molecule has 1 aromatic heterocycles. The van der Waals surface area contributed by atoms with E-state index < -0.39 is 34.1 Å². The number of hydrogen-bond acceptors (Lipinski definition) is 7. The molecule has 0 radical (unpaired) electrons. The van der Waals surface area contributed by atoms with Gasteiger partial charge in [-0.05, 0) is 36.3 Å². The third kappa shape index (κ3) is 2.76. The third-order valence-electron chi connectivity index (χ3n) is 9.98. The minimum absolute atomic E-state index is 0.00254. The van der Waals surface area contributed by atoms with Gasteiger partial charge in [0.1, 0.15) is 17.5 Å². The highest BCUT2D eigenvalue weighted by molar-refractivity contribution is 5.87. The van der Waals surface area contributed by atoms with Crippen LogP contribution in [0.4, 0.5) is 0 Å². The van der Waals surface area contributed by atoms with Gasteiger partial charge in [-0.15, -0.1) is 0 Å². The largest absolute Gasteiger partial charge is 0.472 e. The van der Waals surface area contributed by atoms with E-state index in [1.165, 1.54) is 7.11 Å². The summed E-state index contributed by atoms with van der Waals surface area (Å²) in [7, 11) is 1.38. The molecule has 1 spiro atoms. The number of rotatable bonds is 3. The van der Waals surface area contributed by atoms with E-state index in [0.29, 0.717) is 0 Å². The minimum atomic E-state index is -0.949. The summed E-state index contributed by atoms with van der Waals surface area (Å²) in [5.41, 5.74) is -1.05. The Hall–Kier alpha value is -2.41. The Morgan fingerprint density at radius 1 is 1.24 bits per heavy atom. The van der Waals surface area contributed by atoms with Crippen molar-refractivity contribution in [1.82, 2.24) is 0 Å². The zero-order chi connectivity index (χ0) is 24.7. The van der Waals surface area contributed by atoms with Gasteiger partial charge in [-0.1, -0.05) is 34.3 Å². The van der Waals surface area contributed by atoms with Crippen molar-refractivity contribution in [1.29, 1.82) is 0 Å². The lowest BCUT2D eigenvalue weighted by atomic mass is 9.41. The summed E-state index contributed by atoms with van der Waals surface area (Å²) >= 11 is 0. The molecule has 34 heavy (non-hydrogen) atoms. The molecule has 2 aliphatic carbocycles. The Bertz CT molecular complexity index is 1060. The lowest BCUT2D eigenvalue weighted by Gasteiger charge is -2.70. The summed E-state index contributed by atoms with van der Waals surface area (Å²) in [6.07, 6.45) is 4.23. The molecule has 0 N–H and O–H groups in total. The molecule has 184 valence electrons. The molecule has 4 fully saturated rings. The molecule has 2 aliphatic heterocycles. The van der Waals surface area contributed by atoms with Gasteiger partial charge in [-0.2, -0.15) is 0 Å². The van der Waals surface area contributed by atoms with Crippen molar-refractivity contribution in [2.45, 2.75) is 77.6 Å². The Kier molecular flexibility index (Phi) is 5.01. The second-order valence-corrected chi connectivity index (χ2v) is 11.6. The van der Waals surface area contributed by atoms with Gasteiger partial charge in [0, 0.05) is 34.7 Å². The number of furan rings is 1. The Morgan fingerprint density at radius 3 is 2.62 bits per heavy atom. The fourth-order valence-corrected chi connectivity index (χ4v) is 7.88. The first-order valence-electron chi connectivity index (χ1n) is 12.1. The van der Waals surface area contributed by atoms with Crippen LogP contribution in [0.3, 0.4) is 0 Å². The van der Waals surface area contributed by atoms with E-state index in [4.69, 9.17) is 18.6 Å². The molecular formula is C27H34O7. The lowest BCUT2D eigenvalue weighted by Crippen LogP contribution is -2.72. The molecule has 1 aromatic rings. The second-order valence-electron chi connectivity index (χ2n) is 11.6. The summed E-state index contributed by atoms with van der Waals surface area (Å²) < 4.78 is 23.2. The van der Waals surface area contributed by atoms with E-state index in [1.807, 2.05) is 19.9 Å². The van der Waals surface area contributed by atoms with Crippen LogP contribution in [0.15, 0.2) is 35.2 Å². The van der Waals surface area contributed by atoms with E-state index in [-0.39, 0.29) is 48.8 Å². The van der Waals surface area contributed by atoms with Crippen LogP contribution in [-0.4, -0.2) is 36.5 Å². The van der Waals surface area contributed by atoms with Gasteiger partial charge in [0.05, 0.1) is 32.2 Å². The van der Waals surface area contributed by atoms with E-state index >= 15 is 0 Å². The second kappa shape index (κ2) is 7.30. The van der Waals surface area contributed by atoms with Crippen LogP contribution >= 0.6 is 0 Å². The zero-order valence-corrected chi connectivity index (χ0v) is 20.6. The van der Waals surface area contributed by atoms with Crippen molar-refractivity contribution >= 4 is 17.7 Å². The highest BCUT2D eigenvalue weighted by Gasteiger charge is 2.73. The summed E-state index contributed by atoms with van der Waals surface area (Å²) in [5, 5.41) is 0. The standard InChI is InChI=1S/C27H34O7/c1-15-17-7-9-25(4)23(16-8-10-32-14-16)33-22(30)13-27(15,25)34-20-12-19(28)24(2,3)18(26(17,20)5)11-21(29)31-6/h8,10,14,17-18,20,23H,1,7,9,11-13H2,2-6H3/t17?,18?,20-,23-,25-,26-,27-/m0/s1. The van der Waals surface area contributed by atoms with E-state index in [2.05, 4.69) is 20.4 Å². The van der Waals surface area contributed by atoms with Gasteiger partial charge in [-0.25, -0.2) is 0 Å². The molecule has 2 saturated heterocycles. The molecule has 2 bridgehead atoms. The number of carbonyl (C=O) groups excluding carboxylic acids is 3. The predicted molar refractivity (Wildman–Crippen MR) is 121 cm³/mol. The fourth-order valence-electron chi connectivity index (χ4n) is 7.88. The smallest absolute Gasteiger partial charge is 0.309 e.